The molecule has 2 atom stereocenters. The minimum atomic E-state index is -0.0727. The lowest BCUT2D eigenvalue weighted by Gasteiger charge is -2.39. The van der Waals surface area contributed by atoms with Crippen LogP contribution in [0.2, 0.25) is 0 Å². The van der Waals surface area contributed by atoms with Gasteiger partial charge < -0.3 is 20.2 Å². The fourth-order valence-corrected chi connectivity index (χ4v) is 3.04. The average Bonchev–Trinajstić information content (AvgIpc) is 2.46. The van der Waals surface area contributed by atoms with E-state index < -0.39 is 0 Å². The highest BCUT2D eigenvalue weighted by Gasteiger charge is 2.26. The molecule has 2 unspecified atom stereocenters. The van der Waals surface area contributed by atoms with Gasteiger partial charge in [0, 0.05) is 31.2 Å². The second kappa shape index (κ2) is 8.20. The summed E-state index contributed by atoms with van der Waals surface area (Å²) in [6, 6.07) is 0.715. The predicted molar refractivity (Wildman–Crippen MR) is 81.6 cm³/mol. The maximum Gasteiger partial charge on any atom is 0.0613 e. The van der Waals surface area contributed by atoms with Crippen molar-refractivity contribution in [1.82, 2.24) is 15.1 Å². The van der Waals surface area contributed by atoms with Crippen molar-refractivity contribution in [3.05, 3.63) is 0 Å². The van der Waals surface area contributed by atoms with E-state index >= 15 is 0 Å². The van der Waals surface area contributed by atoms with Crippen LogP contribution in [0.15, 0.2) is 0 Å². The molecule has 1 aliphatic heterocycles. The molecule has 1 saturated heterocycles. The Kier molecular flexibility index (Phi) is 7.29. The normalized spacial score (nSPS) is 25.4. The SMILES string of the molecule is CCC1CN(CCCC(CC)(CO)NC)CCN1C. The zero-order chi connectivity index (χ0) is 14.3. The maximum absolute atomic E-state index is 9.55. The molecule has 1 heterocycles. The Balaban J connectivity index is 2.33. The molecule has 0 aromatic rings. The third-order valence-corrected chi connectivity index (χ3v) is 4.97. The van der Waals surface area contributed by atoms with Gasteiger partial charge in [0.2, 0.25) is 0 Å². The van der Waals surface area contributed by atoms with E-state index in [1.165, 1.54) is 26.1 Å². The molecule has 0 bridgehead atoms. The Hall–Kier alpha value is -0.160. The van der Waals surface area contributed by atoms with Crippen LogP contribution in [0.25, 0.3) is 0 Å². The van der Waals surface area contributed by atoms with E-state index in [1.807, 2.05) is 7.05 Å². The molecule has 0 aliphatic carbocycles. The van der Waals surface area contributed by atoms with E-state index in [1.54, 1.807) is 0 Å². The highest BCUT2D eigenvalue weighted by atomic mass is 16.3. The van der Waals surface area contributed by atoms with Gasteiger partial charge >= 0.3 is 0 Å². The Morgan fingerprint density at radius 2 is 2.05 bits per heavy atom. The minimum absolute atomic E-state index is 0.0727. The van der Waals surface area contributed by atoms with Crippen LogP contribution in [0.5, 0.6) is 0 Å². The summed E-state index contributed by atoms with van der Waals surface area (Å²) in [4.78, 5) is 5.07. The van der Waals surface area contributed by atoms with E-state index in [-0.39, 0.29) is 12.1 Å². The van der Waals surface area contributed by atoms with Crippen molar-refractivity contribution in [2.75, 3.05) is 46.9 Å². The van der Waals surface area contributed by atoms with E-state index in [4.69, 9.17) is 0 Å². The smallest absolute Gasteiger partial charge is 0.0613 e. The molecule has 0 aromatic heterocycles. The highest BCUT2D eigenvalue weighted by molar-refractivity contribution is 4.85. The summed E-state index contributed by atoms with van der Waals surface area (Å²) in [5, 5.41) is 12.8. The molecular weight excluding hydrogens is 238 g/mol. The maximum atomic E-state index is 9.55. The Morgan fingerprint density at radius 1 is 1.32 bits per heavy atom. The highest BCUT2D eigenvalue weighted by Crippen LogP contribution is 2.18. The van der Waals surface area contributed by atoms with Crippen molar-refractivity contribution in [2.45, 2.75) is 51.1 Å². The lowest BCUT2D eigenvalue weighted by Crippen LogP contribution is -2.51. The molecule has 0 spiro atoms. The fourth-order valence-electron chi connectivity index (χ4n) is 3.04. The fraction of sp³-hybridized carbons (Fsp3) is 1.00. The number of aliphatic hydroxyl groups excluding tert-OH is 1. The van der Waals surface area contributed by atoms with Crippen LogP contribution in [0, 0.1) is 0 Å². The standard InChI is InChI=1S/C15H33N3O/c1-5-14-12-18(11-10-17(14)4)9-7-8-15(6-2,13-19)16-3/h14,16,19H,5-13H2,1-4H3. The van der Waals surface area contributed by atoms with Crippen LogP contribution in [0.4, 0.5) is 0 Å². The van der Waals surface area contributed by atoms with E-state index in [2.05, 4.69) is 36.0 Å². The topological polar surface area (TPSA) is 38.7 Å². The number of nitrogens with zero attached hydrogens (tertiary/aromatic N) is 2. The van der Waals surface area contributed by atoms with Crippen molar-refractivity contribution in [3.8, 4) is 0 Å². The van der Waals surface area contributed by atoms with Gasteiger partial charge in [-0.25, -0.2) is 0 Å². The monoisotopic (exact) mass is 271 g/mol. The van der Waals surface area contributed by atoms with Gasteiger partial charge in [0.25, 0.3) is 0 Å². The number of nitrogens with one attached hydrogen (secondary N) is 1. The van der Waals surface area contributed by atoms with Crippen LogP contribution in [-0.2, 0) is 0 Å². The zero-order valence-corrected chi connectivity index (χ0v) is 13.3. The van der Waals surface area contributed by atoms with E-state index in [0.717, 1.165) is 25.8 Å². The van der Waals surface area contributed by atoms with Crippen molar-refractivity contribution >= 4 is 0 Å². The van der Waals surface area contributed by atoms with Gasteiger partial charge in [-0.05, 0) is 46.3 Å². The largest absolute Gasteiger partial charge is 0.394 e. The minimum Gasteiger partial charge on any atom is -0.394 e. The molecule has 114 valence electrons. The lowest BCUT2D eigenvalue weighted by atomic mass is 9.91. The Labute approximate surface area is 119 Å². The second-order valence-corrected chi connectivity index (χ2v) is 5.99. The van der Waals surface area contributed by atoms with E-state index in [0.29, 0.717) is 6.04 Å². The summed E-state index contributed by atoms with van der Waals surface area (Å²) in [6.45, 7) is 9.39. The molecule has 4 heteroatoms. The van der Waals surface area contributed by atoms with Crippen LogP contribution in [0.1, 0.15) is 39.5 Å². The van der Waals surface area contributed by atoms with Gasteiger partial charge in [-0.2, -0.15) is 0 Å². The summed E-state index contributed by atoms with van der Waals surface area (Å²) in [5.74, 6) is 0. The molecule has 4 nitrogen and oxygen atoms in total. The third-order valence-electron chi connectivity index (χ3n) is 4.97. The number of rotatable bonds is 8. The molecule has 1 rings (SSSR count). The number of aliphatic hydroxyl groups is 1. The zero-order valence-electron chi connectivity index (χ0n) is 13.3. The summed E-state index contributed by atoms with van der Waals surface area (Å²) in [6.07, 6.45) is 4.44. The van der Waals surface area contributed by atoms with Crippen molar-refractivity contribution in [2.24, 2.45) is 0 Å². The first-order valence-electron chi connectivity index (χ1n) is 7.83. The lowest BCUT2D eigenvalue weighted by molar-refractivity contribution is 0.0862. The Morgan fingerprint density at radius 3 is 2.58 bits per heavy atom. The van der Waals surface area contributed by atoms with Crippen molar-refractivity contribution < 1.29 is 5.11 Å². The molecular formula is C15H33N3O. The first-order chi connectivity index (χ1) is 9.10. The second-order valence-electron chi connectivity index (χ2n) is 5.99. The molecule has 0 saturated carbocycles. The predicted octanol–water partition coefficient (Wildman–Crippen LogP) is 1.15. The van der Waals surface area contributed by atoms with Gasteiger partial charge in [-0.3, -0.25) is 0 Å². The number of hydrogen-bond donors (Lipinski definition) is 2. The van der Waals surface area contributed by atoms with E-state index in [9.17, 15) is 5.11 Å². The van der Waals surface area contributed by atoms with Gasteiger partial charge in [0.05, 0.1) is 6.61 Å². The first kappa shape index (κ1) is 16.9. The van der Waals surface area contributed by atoms with Crippen molar-refractivity contribution in [3.63, 3.8) is 0 Å². The van der Waals surface area contributed by atoms with Gasteiger partial charge in [-0.1, -0.05) is 13.8 Å². The average molecular weight is 271 g/mol. The molecule has 0 radical (unpaired) electrons. The van der Waals surface area contributed by atoms with Crippen LogP contribution in [0.3, 0.4) is 0 Å². The summed E-state index contributed by atoms with van der Waals surface area (Å²) in [5.41, 5.74) is -0.0727. The number of likely N-dealkylation sites (N-methyl/N-ethyl adjacent to an activating group) is 2. The van der Waals surface area contributed by atoms with Crippen LogP contribution in [-0.4, -0.2) is 73.4 Å². The molecule has 19 heavy (non-hydrogen) atoms. The summed E-state index contributed by atoms with van der Waals surface area (Å²) in [7, 11) is 4.20. The number of piperazine rings is 1. The van der Waals surface area contributed by atoms with Gasteiger partial charge in [0.15, 0.2) is 0 Å². The van der Waals surface area contributed by atoms with Gasteiger partial charge in [0.1, 0.15) is 0 Å². The molecule has 0 aromatic carbocycles. The quantitative estimate of drug-likeness (QED) is 0.695. The molecule has 2 N–H and O–H groups in total. The summed E-state index contributed by atoms with van der Waals surface area (Å²) >= 11 is 0. The van der Waals surface area contributed by atoms with Crippen LogP contribution < -0.4 is 5.32 Å². The summed E-state index contributed by atoms with van der Waals surface area (Å²) < 4.78 is 0. The molecule has 1 fully saturated rings. The number of hydrogen-bond acceptors (Lipinski definition) is 4. The first-order valence-corrected chi connectivity index (χ1v) is 7.83. The van der Waals surface area contributed by atoms with Gasteiger partial charge in [-0.15, -0.1) is 0 Å². The van der Waals surface area contributed by atoms with Crippen LogP contribution >= 0.6 is 0 Å². The Bertz CT molecular complexity index is 235. The molecule has 1 aliphatic rings. The third kappa shape index (κ3) is 4.71. The molecule has 0 amide bonds. The van der Waals surface area contributed by atoms with Crippen molar-refractivity contribution in [1.29, 1.82) is 0 Å².